The Morgan fingerprint density at radius 1 is 1.48 bits per heavy atom. The molecular weight excluding hydrogens is 299 g/mol. The van der Waals surface area contributed by atoms with Crippen LogP contribution in [0.5, 0.6) is 0 Å². The maximum Gasteiger partial charge on any atom is 0.409 e. The van der Waals surface area contributed by atoms with Crippen LogP contribution >= 0.6 is 0 Å². The Labute approximate surface area is 134 Å². The second-order valence-corrected chi connectivity index (χ2v) is 5.92. The number of aliphatic imine (C=N–C) groups is 1. The van der Waals surface area contributed by atoms with E-state index < -0.39 is 5.66 Å². The zero-order chi connectivity index (χ0) is 16.4. The lowest BCUT2D eigenvalue weighted by Gasteiger charge is -2.42. The molecule has 0 bridgehead atoms. The van der Waals surface area contributed by atoms with Gasteiger partial charge in [0.25, 0.3) is 0 Å². The third kappa shape index (κ3) is 2.95. The number of nitrogens with zero attached hydrogens (tertiary/aromatic N) is 2. The summed E-state index contributed by atoms with van der Waals surface area (Å²) in [7, 11) is 0. The minimum atomic E-state index is -0.577. The first-order valence-electron chi connectivity index (χ1n) is 7.89. The topological polar surface area (TPSA) is 80.0 Å². The number of ether oxygens (including phenoxy) is 1. The molecule has 1 aromatic rings. The number of likely N-dealkylation sites (tertiary alicyclic amines) is 1. The standard InChI is InChI=1S/C16H21FN4O2/c1-2-10-23-15(22)21-8-6-16(7-9-21)19-12-5-3-4-11(17)13(12)14(18)20-16/h3-5,19H,2,6-10H2,1H3,(H2,18,20). The van der Waals surface area contributed by atoms with Gasteiger partial charge in [-0.15, -0.1) is 0 Å². The number of carbonyl (C=O) groups is 1. The van der Waals surface area contributed by atoms with Crippen molar-refractivity contribution >= 4 is 17.6 Å². The van der Waals surface area contributed by atoms with E-state index in [9.17, 15) is 9.18 Å². The first-order chi connectivity index (χ1) is 11.0. The van der Waals surface area contributed by atoms with Crippen LogP contribution < -0.4 is 11.1 Å². The summed E-state index contributed by atoms with van der Waals surface area (Å²) >= 11 is 0. The number of hydrogen-bond donors (Lipinski definition) is 2. The van der Waals surface area contributed by atoms with Crippen LogP contribution in [0.1, 0.15) is 31.7 Å². The molecule has 0 aliphatic carbocycles. The van der Waals surface area contributed by atoms with Crippen molar-refractivity contribution in [2.75, 3.05) is 25.0 Å². The smallest absolute Gasteiger partial charge is 0.409 e. The van der Waals surface area contributed by atoms with Gasteiger partial charge in [0.1, 0.15) is 17.3 Å². The van der Waals surface area contributed by atoms with E-state index in [-0.39, 0.29) is 17.7 Å². The molecule has 2 aliphatic rings. The lowest BCUT2D eigenvalue weighted by Crippen LogP contribution is -2.52. The van der Waals surface area contributed by atoms with Crippen LogP contribution in [0.4, 0.5) is 14.9 Å². The van der Waals surface area contributed by atoms with Crippen molar-refractivity contribution in [2.24, 2.45) is 10.7 Å². The van der Waals surface area contributed by atoms with Crippen molar-refractivity contribution in [2.45, 2.75) is 31.8 Å². The molecule has 23 heavy (non-hydrogen) atoms. The second kappa shape index (κ2) is 6.06. The van der Waals surface area contributed by atoms with E-state index in [1.807, 2.05) is 6.92 Å². The number of hydrogen-bond acceptors (Lipinski definition) is 5. The highest BCUT2D eigenvalue weighted by Crippen LogP contribution is 2.35. The monoisotopic (exact) mass is 320 g/mol. The summed E-state index contributed by atoms with van der Waals surface area (Å²) in [5, 5.41) is 3.30. The van der Waals surface area contributed by atoms with E-state index in [0.29, 0.717) is 43.8 Å². The molecule has 1 spiro atoms. The Kier molecular flexibility index (Phi) is 4.11. The number of amidine groups is 1. The molecule has 3 rings (SSSR count). The molecule has 1 aromatic carbocycles. The summed E-state index contributed by atoms with van der Waals surface area (Å²) in [6.45, 7) is 3.43. The second-order valence-electron chi connectivity index (χ2n) is 5.92. The molecule has 6 nitrogen and oxygen atoms in total. The number of fused-ring (bicyclic) bond motifs is 1. The zero-order valence-corrected chi connectivity index (χ0v) is 13.1. The minimum absolute atomic E-state index is 0.207. The molecule has 3 N–H and O–H groups in total. The van der Waals surface area contributed by atoms with E-state index in [4.69, 9.17) is 10.5 Å². The highest BCUT2D eigenvalue weighted by molar-refractivity contribution is 6.04. The fourth-order valence-electron chi connectivity index (χ4n) is 3.03. The normalized spacial score (nSPS) is 18.9. The molecule has 7 heteroatoms. The molecule has 0 aromatic heterocycles. The number of piperidine rings is 1. The summed E-state index contributed by atoms with van der Waals surface area (Å²) in [5.74, 6) is -0.175. The van der Waals surface area contributed by atoms with E-state index in [2.05, 4.69) is 10.3 Å². The van der Waals surface area contributed by atoms with Crippen LogP contribution in [-0.2, 0) is 4.74 Å². The largest absolute Gasteiger partial charge is 0.449 e. The number of nitrogens with two attached hydrogens (primary N) is 1. The summed E-state index contributed by atoms with van der Waals surface area (Å²) in [6, 6.07) is 4.81. The highest BCUT2D eigenvalue weighted by atomic mass is 19.1. The van der Waals surface area contributed by atoms with Crippen LogP contribution in [0.2, 0.25) is 0 Å². The van der Waals surface area contributed by atoms with Crippen molar-refractivity contribution in [3.8, 4) is 0 Å². The molecule has 1 amide bonds. The van der Waals surface area contributed by atoms with Gasteiger partial charge in [0.2, 0.25) is 0 Å². The third-order valence-corrected chi connectivity index (χ3v) is 4.25. The van der Waals surface area contributed by atoms with Gasteiger partial charge < -0.3 is 20.7 Å². The molecular formula is C16H21FN4O2. The van der Waals surface area contributed by atoms with E-state index in [0.717, 1.165) is 6.42 Å². The Morgan fingerprint density at radius 3 is 2.91 bits per heavy atom. The number of amides is 1. The first-order valence-corrected chi connectivity index (χ1v) is 7.89. The van der Waals surface area contributed by atoms with Gasteiger partial charge >= 0.3 is 6.09 Å². The fourth-order valence-corrected chi connectivity index (χ4v) is 3.03. The van der Waals surface area contributed by atoms with Crippen LogP contribution in [0.3, 0.4) is 0 Å². The lowest BCUT2D eigenvalue weighted by atomic mass is 9.94. The molecule has 2 heterocycles. The van der Waals surface area contributed by atoms with Crippen LogP contribution in [0, 0.1) is 5.82 Å². The van der Waals surface area contributed by atoms with Crippen molar-refractivity contribution in [3.63, 3.8) is 0 Å². The Hall–Kier alpha value is -2.31. The maximum absolute atomic E-state index is 13.9. The molecule has 124 valence electrons. The van der Waals surface area contributed by atoms with Crippen molar-refractivity contribution in [1.29, 1.82) is 0 Å². The molecule has 0 radical (unpaired) electrons. The lowest BCUT2D eigenvalue weighted by molar-refractivity contribution is 0.0866. The summed E-state index contributed by atoms with van der Waals surface area (Å²) in [5.41, 5.74) is 6.38. The third-order valence-electron chi connectivity index (χ3n) is 4.25. The Morgan fingerprint density at radius 2 is 2.22 bits per heavy atom. The van der Waals surface area contributed by atoms with Gasteiger partial charge in [-0.2, -0.15) is 0 Å². The summed E-state index contributed by atoms with van der Waals surface area (Å²) in [6.07, 6.45) is 1.71. The Bertz CT molecular complexity index is 639. The zero-order valence-electron chi connectivity index (χ0n) is 13.1. The molecule has 2 aliphatic heterocycles. The van der Waals surface area contributed by atoms with Crippen molar-refractivity contribution in [1.82, 2.24) is 4.90 Å². The molecule has 1 saturated heterocycles. The number of rotatable bonds is 2. The summed E-state index contributed by atoms with van der Waals surface area (Å²) < 4.78 is 19.0. The minimum Gasteiger partial charge on any atom is -0.449 e. The van der Waals surface area contributed by atoms with Gasteiger partial charge in [-0.1, -0.05) is 13.0 Å². The number of anilines is 1. The van der Waals surface area contributed by atoms with Gasteiger partial charge in [-0.25, -0.2) is 14.2 Å². The van der Waals surface area contributed by atoms with Crippen LogP contribution in [0.15, 0.2) is 23.2 Å². The van der Waals surface area contributed by atoms with Gasteiger partial charge in [0, 0.05) is 31.6 Å². The average Bonchev–Trinajstić information content (AvgIpc) is 2.53. The molecule has 1 fully saturated rings. The number of benzene rings is 1. The van der Waals surface area contributed by atoms with Gasteiger partial charge in [-0.05, 0) is 18.6 Å². The van der Waals surface area contributed by atoms with Gasteiger partial charge in [-0.3, -0.25) is 0 Å². The number of nitrogens with one attached hydrogen (secondary N) is 1. The predicted octanol–water partition coefficient (Wildman–Crippen LogP) is 2.30. The fraction of sp³-hybridized carbons (Fsp3) is 0.500. The number of carbonyl (C=O) groups excluding carboxylic acids is 1. The predicted molar refractivity (Wildman–Crippen MR) is 85.9 cm³/mol. The van der Waals surface area contributed by atoms with Crippen LogP contribution in [-0.4, -0.2) is 42.2 Å². The average molecular weight is 320 g/mol. The van der Waals surface area contributed by atoms with Crippen molar-refractivity contribution < 1.29 is 13.9 Å². The van der Waals surface area contributed by atoms with E-state index >= 15 is 0 Å². The van der Waals surface area contributed by atoms with E-state index in [1.165, 1.54) is 6.07 Å². The van der Waals surface area contributed by atoms with Crippen LogP contribution in [0.25, 0.3) is 0 Å². The Balaban J connectivity index is 1.72. The molecule has 0 saturated carbocycles. The van der Waals surface area contributed by atoms with E-state index in [1.54, 1.807) is 17.0 Å². The number of halogens is 1. The summed E-state index contributed by atoms with van der Waals surface area (Å²) in [4.78, 5) is 18.1. The first kappa shape index (κ1) is 15.6. The SMILES string of the molecule is CCCOC(=O)N1CCC2(CC1)N=C(N)c1c(F)cccc1N2. The quantitative estimate of drug-likeness (QED) is 0.876. The molecule has 0 atom stereocenters. The highest BCUT2D eigenvalue weighted by Gasteiger charge is 2.39. The van der Waals surface area contributed by atoms with Gasteiger partial charge in [0.15, 0.2) is 0 Å². The van der Waals surface area contributed by atoms with Crippen molar-refractivity contribution in [3.05, 3.63) is 29.6 Å². The molecule has 0 unspecified atom stereocenters. The maximum atomic E-state index is 13.9. The van der Waals surface area contributed by atoms with Gasteiger partial charge in [0.05, 0.1) is 12.2 Å².